The van der Waals surface area contributed by atoms with Crippen LogP contribution in [-0.2, 0) is 28.7 Å². The van der Waals surface area contributed by atoms with Crippen molar-refractivity contribution < 1.29 is 49.1 Å². The van der Waals surface area contributed by atoms with Crippen LogP contribution in [0.1, 0.15) is 66.2 Å². The van der Waals surface area contributed by atoms with Crippen LogP contribution in [0.3, 0.4) is 0 Å². The third kappa shape index (κ3) is 32.1. The molecule has 0 aromatic heterocycles. The number of aliphatic carboxylic acids is 4. The molecule has 0 aliphatic heterocycles. The number of hydrogen-bond acceptors (Lipinski definition) is 6. The predicted octanol–water partition coefficient (Wildman–Crippen LogP) is 4.14. The van der Waals surface area contributed by atoms with Crippen LogP contribution < -0.4 is 0 Å². The SMILES string of the molecule is CCC[CH2][Sn][CH2]CCC.CCOCC/C(=C/C(=O)O)C(=O)O.CCOCC/C(=C/C(=O)O)C(=O)O. The Morgan fingerprint density at radius 3 is 1.23 bits per heavy atom. The van der Waals surface area contributed by atoms with Gasteiger partial charge in [-0.15, -0.1) is 0 Å². The van der Waals surface area contributed by atoms with E-state index >= 15 is 0 Å². The van der Waals surface area contributed by atoms with Gasteiger partial charge < -0.3 is 29.9 Å². The molecule has 0 aliphatic rings. The number of carboxylic acid groups (broad SMARTS) is 4. The molecule has 11 heteroatoms. The van der Waals surface area contributed by atoms with E-state index in [1.54, 1.807) is 22.7 Å². The summed E-state index contributed by atoms with van der Waals surface area (Å²) in [5.41, 5.74) is -0.304. The van der Waals surface area contributed by atoms with Crippen molar-refractivity contribution in [3.05, 3.63) is 23.3 Å². The molecule has 4 N–H and O–H groups in total. The van der Waals surface area contributed by atoms with Gasteiger partial charge in [0.25, 0.3) is 0 Å². The standard InChI is InChI=1S/2C8H12O5.2C4H9.Sn/c2*1-2-13-4-3-6(8(11)12)5-7(9)10;2*1-3-4-2;/h2*5H,2-4H2,1H3,(H,9,10)(H,11,12);2*1,3-4H2,2H3;/b2*6-5-;;;. The molecule has 0 aromatic carbocycles. The third-order valence-corrected chi connectivity index (χ3v) is 8.04. The Bertz CT molecular complexity index is 590. The number of rotatable bonds is 18. The van der Waals surface area contributed by atoms with Crippen molar-refractivity contribution in [1.82, 2.24) is 0 Å². The van der Waals surface area contributed by atoms with Gasteiger partial charge in [0.15, 0.2) is 0 Å². The first-order chi connectivity index (χ1) is 16.6. The molecule has 0 bridgehead atoms. The maximum Gasteiger partial charge on any atom is 0.331 e. The van der Waals surface area contributed by atoms with Gasteiger partial charge >= 0.3 is 93.4 Å². The normalized spacial score (nSPS) is 11.0. The minimum atomic E-state index is -1.26. The van der Waals surface area contributed by atoms with Gasteiger partial charge in [-0.25, -0.2) is 19.2 Å². The van der Waals surface area contributed by atoms with Crippen molar-refractivity contribution in [3.63, 3.8) is 0 Å². The number of unbranched alkanes of at least 4 members (excludes halogenated alkanes) is 2. The molecule has 0 rings (SSSR count). The smallest absolute Gasteiger partial charge is 0.331 e. The van der Waals surface area contributed by atoms with Crippen LogP contribution in [0.5, 0.6) is 0 Å². The summed E-state index contributed by atoms with van der Waals surface area (Å²) in [6.07, 6.45) is 7.42. The van der Waals surface area contributed by atoms with Gasteiger partial charge in [-0.05, 0) is 13.8 Å². The fourth-order valence-electron chi connectivity index (χ4n) is 2.16. The first-order valence-electron chi connectivity index (χ1n) is 11.8. The van der Waals surface area contributed by atoms with E-state index in [2.05, 4.69) is 13.8 Å². The van der Waals surface area contributed by atoms with Gasteiger partial charge in [-0.2, -0.15) is 0 Å². The van der Waals surface area contributed by atoms with E-state index in [-0.39, 0.29) is 58.3 Å². The van der Waals surface area contributed by atoms with Gasteiger partial charge in [0.2, 0.25) is 0 Å². The molecular formula is C24H42O10Sn. The molecule has 0 heterocycles. The molecule has 0 saturated heterocycles. The molecule has 0 aliphatic carbocycles. The molecule has 0 amide bonds. The maximum absolute atomic E-state index is 10.4. The van der Waals surface area contributed by atoms with Crippen LogP contribution in [0.15, 0.2) is 23.3 Å². The Morgan fingerprint density at radius 1 is 0.657 bits per heavy atom. The van der Waals surface area contributed by atoms with E-state index in [0.717, 1.165) is 0 Å². The summed E-state index contributed by atoms with van der Waals surface area (Å²) in [6.45, 7) is 9.56. The van der Waals surface area contributed by atoms with E-state index in [1.807, 2.05) is 0 Å². The summed E-state index contributed by atoms with van der Waals surface area (Å²) in [4.78, 5) is 41.2. The van der Waals surface area contributed by atoms with Gasteiger partial charge in [0.05, 0.1) is 13.2 Å². The van der Waals surface area contributed by atoms with E-state index in [1.165, 1.54) is 25.7 Å². The quantitative estimate of drug-likeness (QED) is 0.101. The van der Waals surface area contributed by atoms with E-state index in [9.17, 15) is 19.2 Å². The second-order valence-electron chi connectivity index (χ2n) is 6.98. The number of carboxylic acids is 4. The van der Waals surface area contributed by atoms with Gasteiger partial charge in [-0.1, -0.05) is 0 Å². The average molecular weight is 609 g/mol. The summed E-state index contributed by atoms with van der Waals surface area (Å²) in [5, 5.41) is 33.7. The van der Waals surface area contributed by atoms with Crippen LogP contribution in [0.25, 0.3) is 0 Å². The maximum atomic E-state index is 10.4. The molecule has 0 aromatic rings. The second-order valence-corrected chi connectivity index (χ2v) is 11.3. The topological polar surface area (TPSA) is 168 Å². The van der Waals surface area contributed by atoms with Crippen LogP contribution in [0.4, 0.5) is 0 Å². The summed E-state index contributed by atoms with van der Waals surface area (Å²) in [6, 6.07) is 0. The summed E-state index contributed by atoms with van der Waals surface area (Å²) >= 11 is 0.149. The monoisotopic (exact) mass is 610 g/mol. The molecule has 35 heavy (non-hydrogen) atoms. The zero-order chi connectivity index (χ0) is 27.5. The summed E-state index contributed by atoms with van der Waals surface area (Å²) in [7, 11) is 0. The summed E-state index contributed by atoms with van der Waals surface area (Å²) < 4.78 is 13.0. The van der Waals surface area contributed by atoms with Crippen molar-refractivity contribution >= 4 is 45.0 Å². The van der Waals surface area contributed by atoms with Crippen LogP contribution in [0, 0.1) is 0 Å². The molecule has 0 fully saturated rings. The van der Waals surface area contributed by atoms with E-state index < -0.39 is 23.9 Å². The second kappa shape index (κ2) is 28.3. The molecule has 0 atom stereocenters. The number of carbonyl (C=O) groups is 4. The molecule has 2 radical (unpaired) electrons. The first kappa shape index (κ1) is 37.6. The van der Waals surface area contributed by atoms with Crippen LogP contribution in [-0.4, -0.2) is 91.9 Å². The van der Waals surface area contributed by atoms with Gasteiger partial charge in [0, 0.05) is 49.4 Å². The van der Waals surface area contributed by atoms with Gasteiger partial charge in [-0.3, -0.25) is 0 Å². The third-order valence-electron chi connectivity index (χ3n) is 4.00. The molecule has 10 nitrogen and oxygen atoms in total. The van der Waals surface area contributed by atoms with Crippen LogP contribution in [0.2, 0.25) is 8.87 Å². The minimum Gasteiger partial charge on any atom is -0.478 e. The zero-order valence-electron chi connectivity index (χ0n) is 21.4. The fourth-order valence-corrected chi connectivity index (χ4v) is 6.32. The van der Waals surface area contributed by atoms with Crippen molar-refractivity contribution in [2.75, 3.05) is 26.4 Å². The molecule has 0 unspecified atom stereocenters. The largest absolute Gasteiger partial charge is 0.478 e. The molecule has 0 spiro atoms. The zero-order valence-corrected chi connectivity index (χ0v) is 24.2. The van der Waals surface area contributed by atoms with Crippen molar-refractivity contribution in [2.24, 2.45) is 0 Å². The Hall–Kier alpha value is -1.92. The predicted molar refractivity (Wildman–Crippen MR) is 134 cm³/mol. The van der Waals surface area contributed by atoms with Crippen molar-refractivity contribution in [1.29, 1.82) is 0 Å². The fraction of sp³-hybridized carbons (Fsp3) is 0.667. The van der Waals surface area contributed by atoms with E-state index in [0.29, 0.717) is 25.4 Å². The van der Waals surface area contributed by atoms with Gasteiger partial charge in [0.1, 0.15) is 0 Å². The Morgan fingerprint density at radius 2 is 1.00 bits per heavy atom. The van der Waals surface area contributed by atoms with E-state index in [4.69, 9.17) is 29.9 Å². The Kier molecular flexibility index (Phi) is 30.4. The summed E-state index contributed by atoms with van der Waals surface area (Å²) in [5.74, 6) is -4.95. The average Bonchev–Trinajstić information content (AvgIpc) is 2.78. The van der Waals surface area contributed by atoms with Crippen molar-refractivity contribution in [3.8, 4) is 0 Å². The number of ether oxygens (including phenoxy) is 2. The number of hydrogen-bond donors (Lipinski definition) is 4. The van der Waals surface area contributed by atoms with Crippen molar-refractivity contribution in [2.45, 2.75) is 75.1 Å². The molecule has 0 saturated carbocycles. The minimum absolute atomic E-state index is 0.107. The molecule has 202 valence electrons. The molecular weight excluding hydrogens is 567 g/mol. The van der Waals surface area contributed by atoms with Crippen LogP contribution >= 0.6 is 0 Å². The Labute approximate surface area is 218 Å². The Balaban J connectivity index is -0.000000448. The first-order valence-corrected chi connectivity index (χ1v) is 15.8.